The van der Waals surface area contributed by atoms with Gasteiger partial charge in [0.05, 0.1) is 19.8 Å². The lowest BCUT2D eigenvalue weighted by molar-refractivity contribution is -0.118. The summed E-state index contributed by atoms with van der Waals surface area (Å²) in [6.45, 7) is 10.4. The summed E-state index contributed by atoms with van der Waals surface area (Å²) in [4.78, 5) is 39.9. The second kappa shape index (κ2) is 13.7. The maximum absolute atomic E-state index is 13.3. The van der Waals surface area contributed by atoms with E-state index < -0.39 is 36.9 Å². The maximum atomic E-state index is 13.3. The Bertz CT molecular complexity index is 1000. The van der Waals surface area contributed by atoms with E-state index in [9.17, 15) is 18.9 Å². The van der Waals surface area contributed by atoms with Crippen molar-refractivity contribution in [1.29, 1.82) is 0 Å². The number of rotatable bonds is 12. The van der Waals surface area contributed by atoms with Gasteiger partial charge < -0.3 is 15.2 Å². The van der Waals surface area contributed by atoms with Crippen molar-refractivity contribution in [1.82, 2.24) is 9.55 Å². The Morgan fingerprint density at radius 1 is 1.08 bits per heavy atom. The van der Waals surface area contributed by atoms with E-state index in [0.29, 0.717) is 0 Å². The molecule has 0 aromatic carbocycles. The molecule has 0 spiro atoms. The molecule has 0 saturated carbocycles. The molecule has 2 heterocycles. The van der Waals surface area contributed by atoms with Gasteiger partial charge in [-0.25, -0.2) is 9.36 Å². The van der Waals surface area contributed by atoms with Crippen molar-refractivity contribution in [2.24, 2.45) is 10.8 Å². The van der Waals surface area contributed by atoms with E-state index in [1.807, 2.05) is 0 Å². The third-order valence-electron chi connectivity index (χ3n) is 4.62. The summed E-state index contributed by atoms with van der Waals surface area (Å²) >= 11 is 2.12. The highest BCUT2D eigenvalue weighted by atomic mass is 32.2. The van der Waals surface area contributed by atoms with Crippen LogP contribution in [0.3, 0.4) is 0 Å². The zero-order chi connectivity index (χ0) is 27.9. The van der Waals surface area contributed by atoms with E-state index in [-0.39, 0.29) is 54.0 Å². The Kier molecular flexibility index (Phi) is 11.8. The van der Waals surface area contributed by atoms with Gasteiger partial charge in [0.1, 0.15) is 12.4 Å². The molecule has 2 N–H and O–H groups in total. The van der Waals surface area contributed by atoms with Gasteiger partial charge in [-0.05, 0) is 6.07 Å². The number of hydrogen-bond donors (Lipinski definition) is 1. The average Bonchev–Trinajstić information content (AvgIpc) is 3.25. The third kappa shape index (κ3) is 10.8. The fraction of sp³-hybridized carbons (Fsp3) is 0.727. The van der Waals surface area contributed by atoms with Crippen LogP contribution in [0, 0.1) is 10.8 Å². The van der Waals surface area contributed by atoms with Gasteiger partial charge in [-0.15, -0.1) is 0 Å². The summed E-state index contributed by atoms with van der Waals surface area (Å²) in [5, 5.41) is -0.0629. The van der Waals surface area contributed by atoms with Gasteiger partial charge in [0.2, 0.25) is 0 Å². The van der Waals surface area contributed by atoms with Crippen molar-refractivity contribution in [3.63, 3.8) is 0 Å². The summed E-state index contributed by atoms with van der Waals surface area (Å²) < 4.78 is 41.9. The Balaban J connectivity index is 1.92. The van der Waals surface area contributed by atoms with Crippen molar-refractivity contribution in [3.05, 3.63) is 22.7 Å². The van der Waals surface area contributed by atoms with E-state index in [1.54, 1.807) is 41.5 Å². The number of carbonyl (C=O) groups excluding carboxylic acids is 2. The molecule has 1 aromatic heterocycles. The number of phosphoric ester groups is 1. The van der Waals surface area contributed by atoms with Crippen LogP contribution >= 0.6 is 31.3 Å². The van der Waals surface area contributed by atoms with Gasteiger partial charge in [0.15, 0.2) is 22.7 Å². The zero-order valence-corrected chi connectivity index (χ0v) is 24.5. The number of hydrogen-bond acceptors (Lipinski definition) is 13. The normalized spacial score (nSPS) is 18.8. The van der Waals surface area contributed by atoms with Crippen molar-refractivity contribution in [3.8, 4) is 0 Å². The Hall–Kier alpha value is -1.25. The molecule has 1 fully saturated rings. The average molecular weight is 582 g/mol. The van der Waals surface area contributed by atoms with E-state index in [4.69, 9.17) is 28.8 Å². The predicted molar refractivity (Wildman–Crippen MR) is 142 cm³/mol. The lowest BCUT2D eigenvalue weighted by Crippen LogP contribution is -2.28. The van der Waals surface area contributed by atoms with Gasteiger partial charge in [-0.2, -0.15) is 4.98 Å². The second-order valence-corrected chi connectivity index (χ2v) is 13.9. The highest BCUT2D eigenvalue weighted by Crippen LogP contribution is 2.50. The van der Waals surface area contributed by atoms with Crippen molar-refractivity contribution in [2.75, 3.05) is 43.7 Å². The molecule has 1 aliphatic rings. The summed E-state index contributed by atoms with van der Waals surface area (Å²) in [5.41, 5.74) is 3.87. The number of thioether (sulfide) groups is 2. The first-order valence-electron chi connectivity index (χ1n) is 11.6. The smallest absolute Gasteiger partial charge is 0.383 e. The summed E-state index contributed by atoms with van der Waals surface area (Å²) in [6, 6.07) is 1.45. The number of anilines is 1. The monoisotopic (exact) mass is 581 g/mol. The van der Waals surface area contributed by atoms with Crippen LogP contribution in [0.2, 0.25) is 0 Å². The van der Waals surface area contributed by atoms with Crippen molar-refractivity contribution >= 4 is 47.4 Å². The number of ether oxygens (including phenoxy) is 2. The minimum atomic E-state index is -4.09. The fourth-order valence-corrected chi connectivity index (χ4v) is 5.56. The summed E-state index contributed by atoms with van der Waals surface area (Å²) in [6.07, 6.45) is -0.287. The van der Waals surface area contributed by atoms with Gasteiger partial charge in [-0.3, -0.25) is 27.7 Å². The lowest BCUT2D eigenvalue weighted by atomic mass is 9.99. The lowest BCUT2D eigenvalue weighted by Gasteiger charge is -2.21. The van der Waals surface area contributed by atoms with Crippen LogP contribution in [-0.4, -0.2) is 64.0 Å². The molecule has 37 heavy (non-hydrogen) atoms. The first-order chi connectivity index (χ1) is 17.1. The Morgan fingerprint density at radius 3 is 2.11 bits per heavy atom. The van der Waals surface area contributed by atoms with Gasteiger partial charge in [-0.1, -0.05) is 65.1 Å². The molecule has 1 unspecified atom stereocenters. The number of carbonyl (C=O) groups is 2. The molecule has 0 radical (unpaired) electrons. The molecule has 2 rings (SSSR count). The highest BCUT2D eigenvalue weighted by molar-refractivity contribution is 8.14. The molecule has 1 aromatic rings. The van der Waals surface area contributed by atoms with E-state index in [0.717, 1.165) is 23.5 Å². The van der Waals surface area contributed by atoms with Gasteiger partial charge >= 0.3 is 13.5 Å². The fourth-order valence-electron chi connectivity index (χ4n) is 2.59. The molecule has 0 bridgehead atoms. The topological polar surface area (TPSA) is 158 Å². The summed E-state index contributed by atoms with van der Waals surface area (Å²) in [5.74, 6) is 0.575. The van der Waals surface area contributed by atoms with Crippen molar-refractivity contribution in [2.45, 2.75) is 54.1 Å². The van der Waals surface area contributed by atoms with Crippen LogP contribution in [0.4, 0.5) is 5.82 Å². The molecule has 2 atom stereocenters. The first-order valence-corrected chi connectivity index (χ1v) is 15.0. The van der Waals surface area contributed by atoms with Crippen LogP contribution in [0.1, 0.15) is 47.8 Å². The highest BCUT2D eigenvalue weighted by Gasteiger charge is 2.34. The first kappa shape index (κ1) is 32.0. The number of nitrogens with zero attached hydrogens (tertiary/aromatic N) is 2. The zero-order valence-electron chi connectivity index (χ0n) is 22.0. The van der Waals surface area contributed by atoms with E-state index in [1.165, 1.54) is 16.8 Å². The predicted octanol–water partition coefficient (Wildman–Crippen LogP) is 3.47. The largest absolute Gasteiger partial charge is 0.475 e. The molecule has 1 saturated heterocycles. The molecular formula is C22H36N3O9PS2. The summed E-state index contributed by atoms with van der Waals surface area (Å²) in [7, 11) is -4.09. The number of nitrogen functional groups attached to an aromatic ring is 1. The molecule has 12 nitrogen and oxygen atoms in total. The van der Waals surface area contributed by atoms with Gasteiger partial charge in [0, 0.05) is 28.5 Å². The molecule has 0 aliphatic carbocycles. The van der Waals surface area contributed by atoms with Crippen molar-refractivity contribution < 1.29 is 37.2 Å². The third-order valence-corrected chi connectivity index (χ3v) is 8.57. The quantitative estimate of drug-likeness (QED) is 0.283. The van der Waals surface area contributed by atoms with Crippen LogP contribution < -0.4 is 11.4 Å². The Morgan fingerprint density at radius 2 is 1.62 bits per heavy atom. The SMILES string of the molecule is CC(C)(C)C(=O)SCCOP(=O)(OCCSC(=O)C(C)(C)C)OCC1OC[C@@H](n2ccc(N)nc2=O)O1. The maximum Gasteiger partial charge on any atom is 0.475 e. The number of phosphoric acid groups is 1. The van der Waals surface area contributed by atoms with Crippen LogP contribution in [0.15, 0.2) is 17.1 Å². The van der Waals surface area contributed by atoms with Crippen LogP contribution in [0.25, 0.3) is 0 Å². The van der Waals surface area contributed by atoms with Crippen LogP contribution in [-0.2, 0) is 37.2 Å². The standard InChI is InChI=1S/C22H36N3O9PS2/c1-21(2,3)18(26)36-11-9-31-35(29,32-10-12-37-19(27)22(4,5)6)33-14-17-30-13-16(34-17)25-8-7-15(23)24-20(25)28/h7-8,16-17H,9-14H2,1-6H3,(H2,23,24,28)/t16-,17?/m0/s1. The molecule has 0 amide bonds. The van der Waals surface area contributed by atoms with Gasteiger partial charge in [0.25, 0.3) is 0 Å². The van der Waals surface area contributed by atoms with Crippen LogP contribution in [0.5, 0.6) is 0 Å². The number of nitrogens with two attached hydrogens (primary N) is 1. The number of aromatic nitrogens is 2. The van der Waals surface area contributed by atoms with E-state index in [2.05, 4.69) is 4.98 Å². The molecule has 1 aliphatic heterocycles. The molecular weight excluding hydrogens is 545 g/mol. The molecule has 210 valence electrons. The van der Waals surface area contributed by atoms with E-state index >= 15 is 0 Å². The second-order valence-electron chi connectivity index (χ2n) is 10.1. The Labute approximate surface area is 225 Å². The molecule has 15 heteroatoms. The minimum Gasteiger partial charge on any atom is -0.383 e. The minimum absolute atomic E-state index is 0.0304.